The zero-order chi connectivity index (χ0) is 78.9. The zero-order valence-electron chi connectivity index (χ0n) is 68.4. The molecule has 2 amide bonds. The van der Waals surface area contributed by atoms with Gasteiger partial charge in [0.15, 0.2) is 0 Å². The van der Waals surface area contributed by atoms with E-state index in [9.17, 15) is 46.2 Å². The Bertz CT molecular complexity index is 3750. The molecule has 20 atom stereocenters. The molecule has 0 spiro atoms. The number of rotatable bonds is 7. The van der Waals surface area contributed by atoms with E-state index >= 15 is 0 Å². The summed E-state index contributed by atoms with van der Waals surface area (Å²) in [5.74, 6) is 16.3. The number of esters is 1. The molecule has 10 fully saturated rings. The predicted molar refractivity (Wildman–Crippen MR) is 410 cm³/mol. The van der Waals surface area contributed by atoms with E-state index in [4.69, 9.17) is 20.6 Å². The molecule has 0 aromatic carbocycles. The number of ether oxygens (including phenoxy) is 4. The van der Waals surface area contributed by atoms with Crippen molar-refractivity contribution in [2.24, 2.45) is 113 Å². The second-order valence-corrected chi connectivity index (χ2v) is 41.6. The molecule has 2 N–H and O–H groups in total. The highest BCUT2D eigenvalue weighted by molar-refractivity contribution is 7.87. The maximum Gasteiger partial charge on any atom is 0.534 e. The lowest BCUT2D eigenvalue weighted by Gasteiger charge is -2.72. The molecular weight excluding hydrogens is 1370 g/mol. The van der Waals surface area contributed by atoms with Crippen LogP contribution in [0.3, 0.4) is 0 Å². The topological polar surface area (TPSA) is 178 Å². The molecule has 2 aliphatic heterocycles. The van der Waals surface area contributed by atoms with Gasteiger partial charge >= 0.3 is 33.8 Å². The number of halogens is 3. The summed E-state index contributed by atoms with van der Waals surface area (Å²) >= 11 is 0. The van der Waals surface area contributed by atoms with E-state index in [0.29, 0.717) is 88.9 Å². The van der Waals surface area contributed by atoms with Crippen LogP contribution in [0.25, 0.3) is 0 Å². The predicted octanol–water partition coefficient (Wildman–Crippen LogP) is 19.7. The van der Waals surface area contributed by atoms with Crippen LogP contribution in [-0.2, 0) is 38.0 Å². The van der Waals surface area contributed by atoms with Gasteiger partial charge in [-0.3, -0.25) is 0 Å². The number of fused-ring (bicyclic) bond motifs is 14. The first-order chi connectivity index (χ1) is 48.8. The Morgan fingerprint density at radius 3 is 1.38 bits per heavy atom. The summed E-state index contributed by atoms with van der Waals surface area (Å²) in [5, 5.41) is 22.0. The van der Waals surface area contributed by atoms with E-state index in [2.05, 4.69) is 130 Å². The van der Waals surface area contributed by atoms with Crippen molar-refractivity contribution in [2.45, 2.75) is 295 Å². The number of hydrogen-bond donors (Lipinski definition) is 2. The number of aliphatic hydroxyl groups excluding tert-OH is 2. The maximum atomic E-state index is 13.0. The highest BCUT2D eigenvalue weighted by Crippen LogP contribution is 2.80. The Labute approximate surface area is 635 Å². The number of alkyl halides is 3. The van der Waals surface area contributed by atoms with Crippen LogP contribution in [0.4, 0.5) is 22.8 Å². The Balaban J connectivity index is 0.000000182. The highest BCUT2D eigenvalue weighted by Gasteiger charge is 2.73. The van der Waals surface area contributed by atoms with Crippen LogP contribution in [-0.4, -0.2) is 116 Å². The SMILES string of the molecule is C#C[C@]12CC[C@@H](C(=C)C)C1C1CCC3[C@@]4(C)CC[C@H](O)C(C)(C)C4CC[C@@]3(C)[C@]1(C)CC2.C=C(OC)C1=C(C#C[C@]23CC[C@@H](C(=C)C)C2C2CCC4[C@@]5(C)CC[C@H](O)C(C)(C)C5CC[C@@]4(C)[C@]2(C)CC3)CCN(C(=O)OC(C)(C)C)C1.COC(=O)C1=C(OS(=O)(=O)C(F)(F)F)CCN(C(=O)OC(C)(C)C)C1. The summed E-state index contributed by atoms with van der Waals surface area (Å²) in [5.41, 5.74) is -0.808. The average molecular weight is 1500 g/mol. The van der Waals surface area contributed by atoms with Crippen LogP contribution in [0.5, 0.6) is 0 Å². The van der Waals surface area contributed by atoms with Crippen molar-refractivity contribution in [1.82, 2.24) is 9.80 Å². The van der Waals surface area contributed by atoms with Gasteiger partial charge in [0.05, 0.1) is 45.1 Å². The Morgan fingerprint density at radius 1 is 0.538 bits per heavy atom. The van der Waals surface area contributed by atoms with Crippen LogP contribution >= 0.6 is 0 Å². The Morgan fingerprint density at radius 2 is 0.962 bits per heavy atom. The number of carbonyl (C=O) groups is 3. The first-order valence-corrected chi connectivity index (χ1v) is 41.6. The zero-order valence-corrected chi connectivity index (χ0v) is 69.2. The van der Waals surface area contributed by atoms with Gasteiger partial charge in [0.2, 0.25) is 0 Å². The molecular formula is C88H133F3N2O12S. The molecule has 106 heavy (non-hydrogen) atoms. The van der Waals surface area contributed by atoms with Gasteiger partial charge in [0.25, 0.3) is 0 Å². The molecule has 0 bridgehead atoms. The van der Waals surface area contributed by atoms with Crippen LogP contribution in [0, 0.1) is 138 Å². The third-order valence-electron chi connectivity index (χ3n) is 32.3. The summed E-state index contributed by atoms with van der Waals surface area (Å²) in [7, 11) is -3.33. The third-order valence-corrected chi connectivity index (χ3v) is 33.3. The fourth-order valence-corrected chi connectivity index (χ4v) is 27.0. The van der Waals surface area contributed by atoms with Gasteiger partial charge in [-0.05, 0) is 293 Å². The summed E-state index contributed by atoms with van der Waals surface area (Å²) in [6.07, 6.45) is 29.5. The number of hydrogen-bond acceptors (Lipinski definition) is 12. The molecule has 0 aromatic rings. The fourth-order valence-electron chi connectivity index (χ4n) is 26.5. The number of aliphatic hydroxyl groups is 2. The maximum absolute atomic E-state index is 13.0. The largest absolute Gasteiger partial charge is 0.534 e. The van der Waals surface area contributed by atoms with Gasteiger partial charge in [-0.2, -0.15) is 21.6 Å². The molecule has 0 radical (unpaired) electrons. The van der Waals surface area contributed by atoms with Crippen molar-refractivity contribution in [3.05, 3.63) is 59.1 Å². The smallest absolute Gasteiger partial charge is 0.497 e. The van der Waals surface area contributed by atoms with Crippen LogP contribution < -0.4 is 0 Å². The van der Waals surface area contributed by atoms with Gasteiger partial charge < -0.3 is 43.1 Å². The second-order valence-electron chi connectivity index (χ2n) is 40.1. The molecule has 18 heteroatoms. The minimum atomic E-state index is -5.94. The van der Waals surface area contributed by atoms with E-state index in [-0.39, 0.29) is 62.8 Å². The Kier molecular flexibility index (Phi) is 22.6. The number of allylic oxidation sites excluding steroid dienone is 2. The number of methoxy groups -OCH3 is 2. The molecule has 594 valence electrons. The van der Waals surface area contributed by atoms with E-state index in [0.717, 1.165) is 67.1 Å². The Hall–Kier alpha value is -4.91. The molecule has 0 aromatic heterocycles. The van der Waals surface area contributed by atoms with Crippen molar-refractivity contribution < 1.29 is 69.3 Å². The van der Waals surface area contributed by atoms with Crippen LogP contribution in [0.2, 0.25) is 0 Å². The number of terminal acetylenes is 1. The van der Waals surface area contributed by atoms with Crippen molar-refractivity contribution in [2.75, 3.05) is 40.4 Å². The van der Waals surface area contributed by atoms with E-state index in [1.807, 2.05) is 20.8 Å². The molecule has 14 nitrogen and oxygen atoms in total. The molecule has 12 aliphatic rings. The number of amides is 2. The number of carbonyl (C=O) groups excluding carboxylic acids is 3. The first kappa shape index (κ1) is 83.6. The summed E-state index contributed by atoms with van der Waals surface area (Å²) < 4.78 is 84.6. The van der Waals surface area contributed by atoms with Crippen LogP contribution in [0.1, 0.15) is 266 Å². The quantitative estimate of drug-likeness (QED) is 0.0469. The first-order valence-electron chi connectivity index (χ1n) is 40.2. The summed E-state index contributed by atoms with van der Waals surface area (Å²) in [4.78, 5) is 39.6. The van der Waals surface area contributed by atoms with Gasteiger partial charge in [-0.15, -0.1) is 6.42 Å². The van der Waals surface area contributed by atoms with Crippen LogP contribution in [0.15, 0.2) is 59.1 Å². The average Bonchev–Trinajstić information content (AvgIpc) is 1.02. The molecule has 2 heterocycles. The summed E-state index contributed by atoms with van der Waals surface area (Å²) in [6.45, 7) is 54.0. The lowest BCUT2D eigenvalue weighted by molar-refractivity contribution is -0.244. The lowest BCUT2D eigenvalue weighted by atomic mass is 9.32. The van der Waals surface area contributed by atoms with Crippen molar-refractivity contribution >= 4 is 28.3 Å². The fraction of sp³-hybridized carbons (Fsp3) is 0.807. The molecule has 10 aliphatic carbocycles. The van der Waals surface area contributed by atoms with Gasteiger partial charge in [0.1, 0.15) is 22.7 Å². The molecule has 10 saturated carbocycles. The standard InChI is InChI=1S/C44H67NO4.C31H48O.C13H18F3NO7S/c1-28(2)31-16-23-44(22-15-30-19-26-45(27-32(30)29(3)48-12)38(47)49-39(4,5)6)25-24-42(10)33(37(31)44)13-14-35-41(9)20-18-36(46)40(7,8)34(41)17-21-43(35,42)11;1-9-31-17-12-21(20(2)3)26(31)22-10-11-24-28(6)15-14-25(32)27(4,5)23(28)13-16-30(24,8)29(22,7)18-19-31;1-12(2,3)23-11(19)17-6-5-9(8(7-17)10(18)22-4)24-25(20,21)13(14,15)16/h31,33-37,46H,1,3,13-14,16-21,23-27H2,2,4-12H3;1,21-26,32H,2,10-19H2,3-8H3;5-7H2,1-4H3/t31-,33?,34?,35?,36-,37?,41-,42+,43+,44+;21-,22?,23?,24?,25-,26?,28-,29+,30+,31+;/m00./s1. The summed E-state index contributed by atoms with van der Waals surface area (Å²) in [6, 6.07) is 0. The van der Waals surface area contributed by atoms with Gasteiger partial charge in [-0.25, -0.2) is 14.4 Å². The lowest BCUT2D eigenvalue weighted by Crippen LogP contribution is -2.66. The second kappa shape index (κ2) is 28.7. The van der Waals surface area contributed by atoms with Crippen molar-refractivity contribution in [1.29, 1.82) is 0 Å². The molecule has 8 unspecified atom stereocenters. The van der Waals surface area contributed by atoms with E-state index in [1.165, 1.54) is 107 Å². The highest BCUT2D eigenvalue weighted by atomic mass is 32.2. The minimum absolute atomic E-state index is 0.0232. The normalized spacial score (nSPS) is 40.6. The minimum Gasteiger partial charge on any atom is -0.497 e. The number of nitrogens with zero attached hydrogens (tertiary/aromatic N) is 2. The van der Waals surface area contributed by atoms with E-state index in [1.54, 1.807) is 32.8 Å². The monoisotopic (exact) mass is 1500 g/mol. The molecule has 0 saturated heterocycles. The van der Waals surface area contributed by atoms with E-state index < -0.39 is 63.2 Å². The van der Waals surface area contributed by atoms with Gasteiger partial charge in [-0.1, -0.05) is 118 Å². The third kappa shape index (κ3) is 14.1. The van der Waals surface area contributed by atoms with Gasteiger partial charge in [0, 0.05) is 41.5 Å². The van der Waals surface area contributed by atoms with Crippen molar-refractivity contribution in [3.63, 3.8) is 0 Å². The van der Waals surface area contributed by atoms with Crippen molar-refractivity contribution in [3.8, 4) is 24.2 Å². The molecule has 12 rings (SSSR count).